The molecule has 0 aliphatic heterocycles. The summed E-state index contributed by atoms with van der Waals surface area (Å²) in [6, 6.07) is 0. The average molecular weight is 205 g/mol. The smallest absolute Gasteiger partial charge is 0.149 e. The van der Waals surface area contributed by atoms with Gasteiger partial charge in [-0.1, -0.05) is 29.3 Å². The standard InChI is InChI=1S/C8H13BrO/c1-2-3-7(9)8(10)6-4-5-6/h6-7H,2-5H2,1H3/t7-/m0/s1. The third-order valence-electron chi connectivity index (χ3n) is 1.83. The van der Waals surface area contributed by atoms with Gasteiger partial charge in [0.2, 0.25) is 0 Å². The molecule has 0 aromatic rings. The topological polar surface area (TPSA) is 17.1 Å². The Morgan fingerprint density at radius 2 is 2.30 bits per heavy atom. The van der Waals surface area contributed by atoms with E-state index in [1.165, 1.54) is 0 Å². The third kappa shape index (κ3) is 2.08. The normalized spacial score (nSPS) is 20.6. The van der Waals surface area contributed by atoms with Gasteiger partial charge in [-0.2, -0.15) is 0 Å². The molecule has 0 spiro atoms. The third-order valence-corrected chi connectivity index (χ3v) is 2.74. The first-order chi connectivity index (χ1) is 4.75. The van der Waals surface area contributed by atoms with Crippen molar-refractivity contribution < 1.29 is 4.79 Å². The summed E-state index contributed by atoms with van der Waals surface area (Å²) in [4.78, 5) is 11.4. The van der Waals surface area contributed by atoms with Crippen LogP contribution in [-0.2, 0) is 4.79 Å². The summed E-state index contributed by atoms with van der Waals surface area (Å²) in [5, 5.41) is 0. The van der Waals surface area contributed by atoms with Gasteiger partial charge in [0.1, 0.15) is 5.78 Å². The second-order valence-corrected chi connectivity index (χ2v) is 4.04. The number of ketones is 1. The average Bonchev–Trinajstić information content (AvgIpc) is 2.68. The Morgan fingerprint density at radius 3 is 2.70 bits per heavy atom. The van der Waals surface area contributed by atoms with Gasteiger partial charge in [0.25, 0.3) is 0 Å². The van der Waals surface area contributed by atoms with Gasteiger partial charge in [0.15, 0.2) is 0 Å². The molecule has 1 rings (SSSR count). The lowest BCUT2D eigenvalue weighted by Crippen LogP contribution is -2.14. The molecule has 1 fully saturated rings. The summed E-state index contributed by atoms with van der Waals surface area (Å²) < 4.78 is 0. The van der Waals surface area contributed by atoms with Crippen LogP contribution in [0.1, 0.15) is 32.6 Å². The molecular formula is C8H13BrO. The van der Waals surface area contributed by atoms with Crippen molar-refractivity contribution in [2.24, 2.45) is 5.92 Å². The van der Waals surface area contributed by atoms with Crippen molar-refractivity contribution in [1.82, 2.24) is 0 Å². The van der Waals surface area contributed by atoms with E-state index in [0.717, 1.165) is 25.7 Å². The maximum absolute atomic E-state index is 11.2. The van der Waals surface area contributed by atoms with Gasteiger partial charge < -0.3 is 0 Å². The van der Waals surface area contributed by atoms with Gasteiger partial charge in [0, 0.05) is 5.92 Å². The van der Waals surface area contributed by atoms with Crippen LogP contribution in [0.4, 0.5) is 0 Å². The van der Waals surface area contributed by atoms with Crippen molar-refractivity contribution in [1.29, 1.82) is 0 Å². The molecule has 0 radical (unpaired) electrons. The molecule has 0 bridgehead atoms. The summed E-state index contributed by atoms with van der Waals surface area (Å²) in [5.41, 5.74) is 0. The number of carbonyl (C=O) groups is 1. The van der Waals surface area contributed by atoms with E-state index in [0.29, 0.717) is 11.7 Å². The Bertz CT molecular complexity index is 129. The van der Waals surface area contributed by atoms with Gasteiger partial charge in [-0.3, -0.25) is 4.79 Å². The largest absolute Gasteiger partial charge is 0.298 e. The molecule has 2 heteroatoms. The maximum Gasteiger partial charge on any atom is 0.149 e. The molecule has 10 heavy (non-hydrogen) atoms. The second kappa shape index (κ2) is 3.51. The zero-order valence-corrected chi connectivity index (χ0v) is 7.86. The summed E-state index contributed by atoms with van der Waals surface area (Å²) >= 11 is 3.39. The predicted molar refractivity (Wildman–Crippen MR) is 45.4 cm³/mol. The molecular weight excluding hydrogens is 192 g/mol. The van der Waals surface area contributed by atoms with Crippen LogP contribution in [0.15, 0.2) is 0 Å². The molecule has 1 aliphatic rings. The van der Waals surface area contributed by atoms with E-state index in [1.807, 2.05) is 0 Å². The number of hydrogen-bond acceptors (Lipinski definition) is 1. The molecule has 0 aromatic carbocycles. The molecule has 1 saturated carbocycles. The Morgan fingerprint density at radius 1 is 1.70 bits per heavy atom. The summed E-state index contributed by atoms with van der Waals surface area (Å²) in [5.74, 6) is 0.845. The van der Waals surface area contributed by atoms with Crippen molar-refractivity contribution in [3.8, 4) is 0 Å². The lowest BCUT2D eigenvalue weighted by Gasteiger charge is -2.04. The van der Waals surface area contributed by atoms with Crippen LogP contribution in [-0.4, -0.2) is 10.6 Å². The van der Waals surface area contributed by atoms with E-state index in [-0.39, 0.29) is 4.83 Å². The monoisotopic (exact) mass is 204 g/mol. The number of rotatable bonds is 4. The Balaban J connectivity index is 2.24. The minimum absolute atomic E-state index is 0.144. The second-order valence-electron chi connectivity index (χ2n) is 2.93. The highest BCUT2D eigenvalue weighted by Gasteiger charge is 2.32. The fourth-order valence-corrected chi connectivity index (χ4v) is 1.85. The first-order valence-corrected chi connectivity index (χ1v) is 4.85. The van der Waals surface area contributed by atoms with Crippen LogP contribution in [0.3, 0.4) is 0 Å². The van der Waals surface area contributed by atoms with E-state index in [4.69, 9.17) is 0 Å². The Kier molecular flexibility index (Phi) is 2.90. The van der Waals surface area contributed by atoms with Crippen LogP contribution in [0.2, 0.25) is 0 Å². The van der Waals surface area contributed by atoms with Gasteiger partial charge in [-0.15, -0.1) is 0 Å². The maximum atomic E-state index is 11.2. The zero-order valence-electron chi connectivity index (χ0n) is 6.27. The molecule has 0 N–H and O–H groups in total. The molecule has 58 valence electrons. The van der Waals surface area contributed by atoms with Crippen molar-refractivity contribution >= 4 is 21.7 Å². The summed E-state index contributed by atoms with van der Waals surface area (Å²) in [6.45, 7) is 2.11. The molecule has 0 saturated heterocycles. The molecule has 1 nitrogen and oxygen atoms in total. The number of halogens is 1. The summed E-state index contributed by atoms with van der Waals surface area (Å²) in [7, 11) is 0. The summed E-state index contributed by atoms with van der Waals surface area (Å²) in [6.07, 6.45) is 4.35. The van der Waals surface area contributed by atoms with Crippen molar-refractivity contribution in [2.75, 3.05) is 0 Å². The van der Waals surface area contributed by atoms with E-state index in [2.05, 4.69) is 22.9 Å². The first-order valence-electron chi connectivity index (χ1n) is 3.93. The molecule has 1 aliphatic carbocycles. The van der Waals surface area contributed by atoms with Crippen LogP contribution < -0.4 is 0 Å². The number of hydrogen-bond donors (Lipinski definition) is 0. The molecule has 1 atom stereocenters. The van der Waals surface area contributed by atoms with Crippen molar-refractivity contribution in [3.05, 3.63) is 0 Å². The Hall–Kier alpha value is 0.150. The number of alkyl halides is 1. The van der Waals surface area contributed by atoms with E-state index in [1.54, 1.807) is 0 Å². The van der Waals surface area contributed by atoms with Crippen LogP contribution >= 0.6 is 15.9 Å². The van der Waals surface area contributed by atoms with Crippen LogP contribution in [0.25, 0.3) is 0 Å². The zero-order chi connectivity index (χ0) is 7.56. The fraction of sp³-hybridized carbons (Fsp3) is 0.875. The van der Waals surface area contributed by atoms with Crippen LogP contribution in [0.5, 0.6) is 0 Å². The number of carbonyl (C=O) groups excluding carboxylic acids is 1. The fourth-order valence-electron chi connectivity index (χ4n) is 1.02. The molecule has 0 amide bonds. The van der Waals surface area contributed by atoms with Gasteiger partial charge in [-0.25, -0.2) is 0 Å². The van der Waals surface area contributed by atoms with E-state index in [9.17, 15) is 4.79 Å². The minimum Gasteiger partial charge on any atom is -0.298 e. The van der Waals surface area contributed by atoms with Crippen molar-refractivity contribution in [2.45, 2.75) is 37.4 Å². The Labute approximate surface area is 70.3 Å². The molecule has 0 unspecified atom stereocenters. The predicted octanol–water partition coefficient (Wildman–Crippen LogP) is 2.53. The van der Waals surface area contributed by atoms with E-state index < -0.39 is 0 Å². The SMILES string of the molecule is CCC[C@H](Br)C(=O)C1CC1. The van der Waals surface area contributed by atoms with Gasteiger partial charge in [0.05, 0.1) is 4.83 Å². The quantitative estimate of drug-likeness (QED) is 0.644. The van der Waals surface area contributed by atoms with E-state index >= 15 is 0 Å². The number of Topliss-reactive ketones (excluding diaryl/α,β-unsaturated/α-hetero) is 1. The van der Waals surface area contributed by atoms with Gasteiger partial charge in [-0.05, 0) is 19.3 Å². The van der Waals surface area contributed by atoms with Crippen LogP contribution in [0, 0.1) is 5.92 Å². The lowest BCUT2D eigenvalue weighted by atomic mass is 10.1. The highest BCUT2D eigenvalue weighted by atomic mass is 79.9. The minimum atomic E-state index is 0.144. The lowest BCUT2D eigenvalue weighted by molar-refractivity contribution is -0.119. The highest BCUT2D eigenvalue weighted by Crippen LogP contribution is 2.33. The van der Waals surface area contributed by atoms with Crippen molar-refractivity contribution in [3.63, 3.8) is 0 Å². The van der Waals surface area contributed by atoms with Gasteiger partial charge >= 0.3 is 0 Å². The molecule has 0 aromatic heterocycles. The molecule has 0 heterocycles. The highest BCUT2D eigenvalue weighted by molar-refractivity contribution is 9.10. The first kappa shape index (κ1) is 8.25.